The van der Waals surface area contributed by atoms with E-state index >= 15 is 0 Å². The highest BCUT2D eigenvalue weighted by Gasteiger charge is 2.31. The fraction of sp³-hybridized carbons (Fsp3) is 0.286. The molecule has 2 aromatic rings. The molecule has 98 valence electrons. The molecule has 0 spiro atoms. The first-order valence-electron chi connectivity index (χ1n) is 6.31. The van der Waals surface area contributed by atoms with Crippen molar-refractivity contribution in [3.8, 4) is 11.1 Å². The summed E-state index contributed by atoms with van der Waals surface area (Å²) in [4.78, 5) is 13.7. The lowest BCUT2D eigenvalue weighted by Crippen LogP contribution is -2.24. The van der Waals surface area contributed by atoms with Gasteiger partial charge >= 0.3 is 0 Å². The minimum atomic E-state index is -0.177. The molecule has 1 unspecified atom stereocenters. The number of nitrogen functional groups attached to an aromatic ring is 1. The molecular formula is C14H16N4O. The van der Waals surface area contributed by atoms with E-state index in [0.29, 0.717) is 0 Å². The molecule has 1 amide bonds. The smallest absolute Gasteiger partial charge is 0.247 e. The molecule has 0 bridgehead atoms. The monoisotopic (exact) mass is 256 g/mol. The molecule has 1 saturated heterocycles. The van der Waals surface area contributed by atoms with Crippen LogP contribution < -0.4 is 5.73 Å². The Kier molecular flexibility index (Phi) is 2.74. The molecule has 1 aromatic heterocycles. The van der Waals surface area contributed by atoms with Crippen LogP contribution in [-0.2, 0) is 4.79 Å². The molecular weight excluding hydrogens is 240 g/mol. The number of para-hydroxylation sites is 1. The summed E-state index contributed by atoms with van der Waals surface area (Å²) in [5.74, 6) is 0.121. The van der Waals surface area contributed by atoms with Crippen LogP contribution in [0.5, 0.6) is 0 Å². The van der Waals surface area contributed by atoms with Crippen molar-refractivity contribution in [1.29, 1.82) is 0 Å². The van der Waals surface area contributed by atoms with Gasteiger partial charge in [0.1, 0.15) is 6.04 Å². The normalized spacial score (nSPS) is 19.1. The molecule has 0 saturated carbocycles. The van der Waals surface area contributed by atoms with Crippen LogP contribution in [0.25, 0.3) is 11.1 Å². The summed E-state index contributed by atoms with van der Waals surface area (Å²) in [6.07, 6.45) is 4.46. The molecule has 2 heterocycles. The fourth-order valence-electron chi connectivity index (χ4n) is 2.46. The fourth-order valence-corrected chi connectivity index (χ4v) is 2.46. The van der Waals surface area contributed by atoms with Gasteiger partial charge in [-0.05, 0) is 12.5 Å². The van der Waals surface area contributed by atoms with Crippen molar-refractivity contribution in [2.45, 2.75) is 12.5 Å². The number of anilines is 1. The third-order valence-corrected chi connectivity index (χ3v) is 3.59. The Hall–Kier alpha value is -2.30. The summed E-state index contributed by atoms with van der Waals surface area (Å²) in [6, 6.07) is 7.49. The van der Waals surface area contributed by atoms with E-state index in [0.717, 1.165) is 29.8 Å². The lowest BCUT2D eigenvalue weighted by Gasteiger charge is -2.10. The maximum Gasteiger partial charge on any atom is 0.247 e. The topological polar surface area (TPSA) is 64.2 Å². The minimum Gasteiger partial charge on any atom is -0.398 e. The average Bonchev–Trinajstić information content (AvgIpc) is 2.99. The zero-order valence-electron chi connectivity index (χ0n) is 10.8. The number of carbonyl (C=O) groups is 1. The van der Waals surface area contributed by atoms with Gasteiger partial charge in [0.05, 0.1) is 6.20 Å². The van der Waals surface area contributed by atoms with Crippen molar-refractivity contribution in [3.05, 3.63) is 36.7 Å². The van der Waals surface area contributed by atoms with Crippen LogP contribution in [0.4, 0.5) is 5.69 Å². The van der Waals surface area contributed by atoms with Gasteiger partial charge < -0.3 is 10.6 Å². The largest absolute Gasteiger partial charge is 0.398 e. The van der Waals surface area contributed by atoms with Crippen molar-refractivity contribution in [2.75, 3.05) is 19.3 Å². The summed E-state index contributed by atoms with van der Waals surface area (Å²) >= 11 is 0. The number of aromatic nitrogens is 2. The number of rotatable bonds is 2. The van der Waals surface area contributed by atoms with Crippen LogP contribution in [0.15, 0.2) is 36.7 Å². The number of likely N-dealkylation sites (N-methyl/N-ethyl adjacent to an activating group) is 1. The molecule has 5 nitrogen and oxygen atoms in total. The van der Waals surface area contributed by atoms with E-state index in [9.17, 15) is 4.79 Å². The Morgan fingerprint density at radius 3 is 2.84 bits per heavy atom. The SMILES string of the molecule is CN1CCC(n2cc(-c3ccccc3N)cn2)C1=O. The number of hydrogen-bond acceptors (Lipinski definition) is 3. The van der Waals surface area contributed by atoms with E-state index in [1.807, 2.05) is 37.5 Å². The summed E-state index contributed by atoms with van der Waals surface area (Å²) in [5.41, 5.74) is 8.57. The first-order valence-corrected chi connectivity index (χ1v) is 6.31. The first-order chi connectivity index (χ1) is 9.16. The van der Waals surface area contributed by atoms with Crippen LogP contribution in [-0.4, -0.2) is 34.2 Å². The Labute approximate surface area is 111 Å². The van der Waals surface area contributed by atoms with Gasteiger partial charge in [0.2, 0.25) is 5.91 Å². The van der Waals surface area contributed by atoms with Crippen LogP contribution in [0.3, 0.4) is 0 Å². The Morgan fingerprint density at radius 1 is 1.37 bits per heavy atom. The number of likely N-dealkylation sites (tertiary alicyclic amines) is 1. The third-order valence-electron chi connectivity index (χ3n) is 3.59. The van der Waals surface area contributed by atoms with Gasteiger partial charge in [-0.15, -0.1) is 0 Å². The van der Waals surface area contributed by atoms with Gasteiger partial charge in [-0.25, -0.2) is 0 Å². The number of benzene rings is 1. The number of nitrogens with zero attached hydrogens (tertiary/aromatic N) is 3. The van der Waals surface area contributed by atoms with Crippen molar-refractivity contribution in [2.24, 2.45) is 0 Å². The second-order valence-electron chi connectivity index (χ2n) is 4.86. The van der Waals surface area contributed by atoms with Crippen LogP contribution in [0, 0.1) is 0 Å². The van der Waals surface area contributed by atoms with Gasteiger partial charge in [0.15, 0.2) is 0 Å². The highest BCUT2D eigenvalue weighted by Crippen LogP contribution is 2.28. The summed E-state index contributed by atoms with van der Waals surface area (Å²) in [7, 11) is 1.82. The average molecular weight is 256 g/mol. The number of amides is 1. The second kappa shape index (κ2) is 4.42. The van der Waals surface area contributed by atoms with E-state index < -0.39 is 0 Å². The van der Waals surface area contributed by atoms with E-state index in [2.05, 4.69) is 5.10 Å². The van der Waals surface area contributed by atoms with Gasteiger partial charge in [-0.1, -0.05) is 18.2 Å². The van der Waals surface area contributed by atoms with Crippen molar-refractivity contribution in [1.82, 2.24) is 14.7 Å². The molecule has 1 aliphatic heterocycles. The van der Waals surface area contributed by atoms with Crippen LogP contribution >= 0.6 is 0 Å². The molecule has 0 radical (unpaired) electrons. The Morgan fingerprint density at radius 2 is 2.16 bits per heavy atom. The zero-order chi connectivity index (χ0) is 13.4. The van der Waals surface area contributed by atoms with Gasteiger partial charge in [-0.3, -0.25) is 9.48 Å². The second-order valence-corrected chi connectivity index (χ2v) is 4.86. The van der Waals surface area contributed by atoms with Gasteiger partial charge in [-0.2, -0.15) is 5.10 Å². The van der Waals surface area contributed by atoms with Crippen LogP contribution in [0.2, 0.25) is 0 Å². The van der Waals surface area contributed by atoms with Crippen molar-refractivity contribution in [3.63, 3.8) is 0 Å². The molecule has 5 heteroatoms. The maximum atomic E-state index is 12.0. The quantitative estimate of drug-likeness (QED) is 0.829. The number of hydrogen-bond donors (Lipinski definition) is 1. The Balaban J connectivity index is 1.92. The zero-order valence-corrected chi connectivity index (χ0v) is 10.8. The molecule has 1 aromatic carbocycles. The van der Waals surface area contributed by atoms with Gasteiger partial charge in [0, 0.05) is 36.6 Å². The number of nitrogens with two attached hydrogens (primary N) is 1. The lowest BCUT2D eigenvalue weighted by molar-refractivity contribution is -0.129. The van der Waals surface area contributed by atoms with E-state index in [4.69, 9.17) is 5.73 Å². The summed E-state index contributed by atoms with van der Waals surface area (Å²) in [6.45, 7) is 0.784. The van der Waals surface area contributed by atoms with Crippen molar-refractivity contribution >= 4 is 11.6 Å². The molecule has 3 rings (SSSR count). The maximum absolute atomic E-state index is 12.0. The molecule has 1 fully saturated rings. The van der Waals surface area contributed by atoms with Crippen molar-refractivity contribution < 1.29 is 4.79 Å². The molecule has 1 aliphatic rings. The molecule has 2 N–H and O–H groups in total. The van der Waals surface area contributed by atoms with E-state index in [-0.39, 0.29) is 11.9 Å². The highest BCUT2D eigenvalue weighted by molar-refractivity contribution is 5.82. The third kappa shape index (κ3) is 1.97. The Bertz CT molecular complexity index is 619. The minimum absolute atomic E-state index is 0.121. The highest BCUT2D eigenvalue weighted by atomic mass is 16.2. The molecule has 1 atom stereocenters. The van der Waals surface area contributed by atoms with Crippen LogP contribution in [0.1, 0.15) is 12.5 Å². The first kappa shape index (κ1) is 11.8. The standard InChI is InChI=1S/C14H16N4O/c1-17-7-6-13(14(17)19)18-9-10(8-16-18)11-4-2-3-5-12(11)15/h2-5,8-9,13H,6-7,15H2,1H3. The van der Waals surface area contributed by atoms with Gasteiger partial charge in [0.25, 0.3) is 0 Å². The lowest BCUT2D eigenvalue weighted by atomic mass is 10.1. The predicted octanol–water partition coefficient (Wildman–Crippen LogP) is 1.54. The number of carbonyl (C=O) groups excluding carboxylic acids is 1. The molecule has 0 aliphatic carbocycles. The summed E-state index contributed by atoms with van der Waals surface area (Å²) in [5, 5.41) is 4.31. The summed E-state index contributed by atoms with van der Waals surface area (Å²) < 4.78 is 1.74. The molecule has 19 heavy (non-hydrogen) atoms. The predicted molar refractivity (Wildman–Crippen MR) is 73.4 cm³/mol. The van der Waals surface area contributed by atoms with E-state index in [1.165, 1.54) is 0 Å². The van der Waals surface area contributed by atoms with E-state index in [1.54, 1.807) is 15.8 Å².